The predicted molar refractivity (Wildman–Crippen MR) is 86.2 cm³/mol. The first-order valence-electron chi connectivity index (χ1n) is 6.54. The third-order valence-corrected chi connectivity index (χ3v) is 4.34. The molecule has 0 fully saturated rings. The summed E-state index contributed by atoms with van der Waals surface area (Å²) in [7, 11) is 0. The summed E-state index contributed by atoms with van der Waals surface area (Å²) in [6.07, 6.45) is 3.42. The highest BCUT2D eigenvalue weighted by Crippen LogP contribution is 2.27. The Morgan fingerprint density at radius 3 is 2.50 bits per heavy atom. The summed E-state index contributed by atoms with van der Waals surface area (Å²) in [5.41, 5.74) is 2.21. The van der Waals surface area contributed by atoms with Gasteiger partial charge in [0, 0.05) is 34.3 Å². The lowest BCUT2D eigenvalue weighted by molar-refractivity contribution is 0.617. The van der Waals surface area contributed by atoms with E-state index in [9.17, 15) is 4.39 Å². The van der Waals surface area contributed by atoms with Crippen LogP contribution in [0.5, 0.6) is 0 Å². The normalized spacial score (nSPS) is 10.6. The number of halogens is 2. The van der Waals surface area contributed by atoms with Crippen molar-refractivity contribution in [2.45, 2.75) is 10.8 Å². The highest BCUT2D eigenvalue weighted by molar-refractivity contribution is 7.98. The van der Waals surface area contributed by atoms with Crippen molar-refractivity contribution in [2.75, 3.05) is 0 Å². The van der Waals surface area contributed by atoms with Crippen LogP contribution in [0.4, 0.5) is 4.39 Å². The maximum Gasteiger partial charge on any atom is 0.128 e. The second-order valence-corrected chi connectivity index (χ2v) is 5.88. The van der Waals surface area contributed by atoms with Crippen molar-refractivity contribution in [3.05, 3.63) is 71.3 Å². The standard InChI is InChI=1S/C16H11ClFN3S/c17-13-2-1-3-14(18)12(13)10-22-16-5-4-15(20-21-16)11-6-8-19-9-7-11/h1-9H,10H2. The molecule has 2 heterocycles. The number of hydrogen-bond acceptors (Lipinski definition) is 4. The summed E-state index contributed by atoms with van der Waals surface area (Å²) >= 11 is 7.40. The highest BCUT2D eigenvalue weighted by Gasteiger charge is 2.08. The molecule has 0 radical (unpaired) electrons. The van der Waals surface area contributed by atoms with Crippen molar-refractivity contribution >= 4 is 23.4 Å². The molecular formula is C16H11ClFN3S. The maximum absolute atomic E-state index is 13.7. The predicted octanol–water partition coefficient (Wildman–Crippen LogP) is 4.62. The average molecular weight is 332 g/mol. The van der Waals surface area contributed by atoms with Crippen LogP contribution in [-0.4, -0.2) is 15.2 Å². The molecule has 6 heteroatoms. The number of thioether (sulfide) groups is 1. The van der Waals surface area contributed by atoms with Gasteiger partial charge in [-0.2, -0.15) is 0 Å². The smallest absolute Gasteiger partial charge is 0.128 e. The third-order valence-electron chi connectivity index (χ3n) is 3.04. The van der Waals surface area contributed by atoms with Crippen molar-refractivity contribution < 1.29 is 4.39 Å². The zero-order chi connectivity index (χ0) is 15.4. The van der Waals surface area contributed by atoms with Crippen LogP contribution in [0.15, 0.2) is 59.9 Å². The molecule has 0 aliphatic carbocycles. The molecule has 2 aromatic heterocycles. The Hall–Kier alpha value is -1.98. The minimum atomic E-state index is -0.304. The van der Waals surface area contributed by atoms with Gasteiger partial charge in [-0.3, -0.25) is 4.98 Å². The molecule has 0 spiro atoms. The van der Waals surface area contributed by atoms with Gasteiger partial charge < -0.3 is 0 Å². The lowest BCUT2D eigenvalue weighted by Gasteiger charge is -2.05. The SMILES string of the molecule is Fc1cccc(Cl)c1CSc1ccc(-c2ccncc2)nn1. The summed E-state index contributed by atoms with van der Waals surface area (Å²) in [4.78, 5) is 3.97. The summed E-state index contributed by atoms with van der Waals surface area (Å²) < 4.78 is 13.7. The van der Waals surface area contributed by atoms with Gasteiger partial charge in [-0.1, -0.05) is 29.4 Å². The van der Waals surface area contributed by atoms with E-state index in [4.69, 9.17) is 11.6 Å². The Bertz CT molecular complexity index is 746. The van der Waals surface area contributed by atoms with Crippen LogP contribution in [0.3, 0.4) is 0 Å². The molecular weight excluding hydrogens is 321 g/mol. The number of aromatic nitrogens is 3. The van der Waals surface area contributed by atoms with Gasteiger partial charge in [0.25, 0.3) is 0 Å². The molecule has 0 saturated carbocycles. The van der Waals surface area contributed by atoms with E-state index < -0.39 is 0 Å². The fraction of sp³-hybridized carbons (Fsp3) is 0.0625. The maximum atomic E-state index is 13.7. The highest BCUT2D eigenvalue weighted by atomic mass is 35.5. The van der Waals surface area contributed by atoms with Crippen molar-refractivity contribution in [3.8, 4) is 11.3 Å². The molecule has 0 saturated heterocycles. The molecule has 22 heavy (non-hydrogen) atoms. The molecule has 3 aromatic rings. The zero-order valence-corrected chi connectivity index (χ0v) is 13.0. The van der Waals surface area contributed by atoms with Crippen LogP contribution in [-0.2, 0) is 5.75 Å². The van der Waals surface area contributed by atoms with E-state index in [1.165, 1.54) is 17.8 Å². The molecule has 3 nitrogen and oxygen atoms in total. The first kappa shape index (κ1) is 14.9. The Morgan fingerprint density at radius 1 is 1.00 bits per heavy atom. The Kier molecular flexibility index (Phi) is 4.65. The van der Waals surface area contributed by atoms with Gasteiger partial charge in [0.1, 0.15) is 10.8 Å². The molecule has 110 valence electrons. The minimum Gasteiger partial charge on any atom is -0.265 e. The van der Waals surface area contributed by atoms with E-state index in [1.54, 1.807) is 24.5 Å². The molecule has 0 unspecified atom stereocenters. The van der Waals surface area contributed by atoms with E-state index >= 15 is 0 Å². The summed E-state index contributed by atoms with van der Waals surface area (Å²) in [6, 6.07) is 12.2. The molecule has 0 aliphatic rings. The van der Waals surface area contributed by atoms with Gasteiger partial charge in [-0.15, -0.1) is 10.2 Å². The first-order chi connectivity index (χ1) is 10.7. The van der Waals surface area contributed by atoms with E-state index in [0.29, 0.717) is 16.3 Å². The molecule has 3 rings (SSSR count). The number of rotatable bonds is 4. The van der Waals surface area contributed by atoms with E-state index in [2.05, 4.69) is 15.2 Å². The van der Waals surface area contributed by atoms with E-state index in [1.807, 2.05) is 24.3 Å². The lowest BCUT2D eigenvalue weighted by Crippen LogP contribution is -1.92. The summed E-state index contributed by atoms with van der Waals surface area (Å²) in [5, 5.41) is 9.48. The van der Waals surface area contributed by atoms with Crippen LogP contribution in [0.25, 0.3) is 11.3 Å². The molecule has 0 amide bonds. The lowest BCUT2D eigenvalue weighted by atomic mass is 10.2. The number of pyridine rings is 1. The molecule has 0 aliphatic heterocycles. The summed E-state index contributed by atoms with van der Waals surface area (Å²) in [6.45, 7) is 0. The fourth-order valence-electron chi connectivity index (χ4n) is 1.89. The van der Waals surface area contributed by atoms with Crippen LogP contribution in [0, 0.1) is 5.82 Å². The third kappa shape index (κ3) is 3.43. The van der Waals surface area contributed by atoms with Gasteiger partial charge in [-0.25, -0.2) is 4.39 Å². The van der Waals surface area contributed by atoms with Crippen molar-refractivity contribution in [1.29, 1.82) is 0 Å². The van der Waals surface area contributed by atoms with Crippen molar-refractivity contribution in [1.82, 2.24) is 15.2 Å². The number of nitrogens with zero attached hydrogens (tertiary/aromatic N) is 3. The Morgan fingerprint density at radius 2 is 1.82 bits per heavy atom. The van der Waals surface area contributed by atoms with Gasteiger partial charge in [0.05, 0.1) is 5.69 Å². The number of hydrogen-bond donors (Lipinski definition) is 0. The molecule has 0 bridgehead atoms. The van der Waals surface area contributed by atoms with Crippen LogP contribution < -0.4 is 0 Å². The fourth-order valence-corrected chi connectivity index (χ4v) is 3.05. The van der Waals surface area contributed by atoms with Crippen LogP contribution in [0.2, 0.25) is 5.02 Å². The monoisotopic (exact) mass is 331 g/mol. The van der Waals surface area contributed by atoms with Gasteiger partial charge in [0.2, 0.25) is 0 Å². The van der Waals surface area contributed by atoms with Crippen LogP contribution in [0.1, 0.15) is 5.56 Å². The first-order valence-corrected chi connectivity index (χ1v) is 7.90. The summed E-state index contributed by atoms with van der Waals surface area (Å²) in [5.74, 6) is 0.107. The van der Waals surface area contributed by atoms with Crippen molar-refractivity contribution in [2.24, 2.45) is 0 Å². The zero-order valence-electron chi connectivity index (χ0n) is 11.4. The van der Waals surface area contributed by atoms with E-state index in [-0.39, 0.29) is 5.82 Å². The van der Waals surface area contributed by atoms with Crippen LogP contribution >= 0.6 is 23.4 Å². The Balaban J connectivity index is 1.72. The second-order valence-electron chi connectivity index (χ2n) is 4.48. The molecule has 0 N–H and O–H groups in total. The largest absolute Gasteiger partial charge is 0.265 e. The minimum absolute atomic E-state index is 0.304. The Labute approximate surface area is 136 Å². The van der Waals surface area contributed by atoms with Gasteiger partial charge >= 0.3 is 0 Å². The topological polar surface area (TPSA) is 38.7 Å². The molecule has 0 atom stereocenters. The van der Waals surface area contributed by atoms with Crippen molar-refractivity contribution in [3.63, 3.8) is 0 Å². The van der Waals surface area contributed by atoms with Gasteiger partial charge in [-0.05, 0) is 36.4 Å². The second kappa shape index (κ2) is 6.85. The average Bonchev–Trinajstić information content (AvgIpc) is 2.56. The van der Waals surface area contributed by atoms with Gasteiger partial charge in [0.15, 0.2) is 0 Å². The molecule has 1 aromatic carbocycles. The quantitative estimate of drug-likeness (QED) is 0.654. The van der Waals surface area contributed by atoms with E-state index in [0.717, 1.165) is 16.3 Å². The number of benzene rings is 1.